The Morgan fingerprint density at radius 1 is 0.977 bits per heavy atom. The minimum Gasteiger partial charge on any atom is -0.494 e. The highest BCUT2D eigenvalue weighted by Crippen LogP contribution is 2.32. The molecular weight excluding hydrogens is 621 g/mol. The van der Waals surface area contributed by atoms with Gasteiger partial charge in [0.15, 0.2) is 5.82 Å². The molecule has 0 aliphatic carbocycles. The molecule has 1 aliphatic heterocycles. The molecule has 0 unspecified atom stereocenters. The van der Waals surface area contributed by atoms with Crippen LogP contribution in [-0.2, 0) is 20.2 Å². The van der Waals surface area contributed by atoms with Crippen LogP contribution in [-0.4, -0.2) is 113 Å². The highest BCUT2D eigenvalue weighted by Gasteiger charge is 2.19. The van der Waals surface area contributed by atoms with E-state index in [4.69, 9.17) is 18.9 Å². The Kier molecular flexibility index (Phi) is 10.7. The topological polar surface area (TPSA) is 200 Å². The predicted molar refractivity (Wildman–Crippen MR) is 161 cm³/mol. The summed E-state index contributed by atoms with van der Waals surface area (Å²) < 4.78 is 77.4. The lowest BCUT2D eigenvalue weighted by Crippen LogP contribution is -2.47. The van der Waals surface area contributed by atoms with Crippen LogP contribution in [0.15, 0.2) is 55.0 Å². The Bertz CT molecular complexity index is 1770. The van der Waals surface area contributed by atoms with E-state index in [0.717, 1.165) is 38.1 Å². The van der Waals surface area contributed by atoms with E-state index in [1.54, 1.807) is 17.7 Å². The van der Waals surface area contributed by atoms with E-state index in [0.29, 0.717) is 29.3 Å². The van der Waals surface area contributed by atoms with Crippen molar-refractivity contribution >= 4 is 43.2 Å². The number of aliphatic hydroxyl groups excluding tert-OH is 1. The van der Waals surface area contributed by atoms with E-state index in [-0.39, 0.29) is 18.2 Å². The first-order valence-electron chi connectivity index (χ1n) is 13.3. The lowest BCUT2D eigenvalue weighted by molar-refractivity contribution is 0.189. The summed E-state index contributed by atoms with van der Waals surface area (Å²) >= 11 is 0. The summed E-state index contributed by atoms with van der Waals surface area (Å²) in [6.45, 7) is 4.43. The number of nitrogens with zero attached hydrogens (tertiary/aromatic N) is 6. The molecule has 238 valence electrons. The molecule has 0 atom stereocenters. The molecule has 0 radical (unpaired) electrons. The molecule has 1 aliphatic rings. The first-order valence-corrected chi connectivity index (χ1v) is 16.5. The first kappa shape index (κ1) is 33.0. The fraction of sp³-hybridized carbons (Fsp3) is 0.346. The second kappa shape index (κ2) is 14.2. The molecule has 4 aromatic rings. The molecule has 1 saturated heterocycles. The number of benzene rings is 1. The molecule has 3 aromatic heterocycles. The van der Waals surface area contributed by atoms with Crippen molar-refractivity contribution in [1.29, 1.82) is 0 Å². The fourth-order valence-corrected chi connectivity index (χ4v) is 6.08. The number of imidazole rings is 1. The van der Waals surface area contributed by atoms with Crippen LogP contribution >= 0.6 is 0 Å². The van der Waals surface area contributed by atoms with Gasteiger partial charge in [-0.25, -0.2) is 19.3 Å². The average Bonchev–Trinajstić information content (AvgIpc) is 3.42. The number of halogens is 1. The number of rotatable bonds is 10. The molecule has 0 bridgehead atoms. The van der Waals surface area contributed by atoms with Crippen molar-refractivity contribution in [2.45, 2.75) is 0 Å². The number of pyridine rings is 1. The standard InChI is InChI=1S/C24H26FN7O2.C2H6O6S2/c1-34-21-14-17(31-10-8-30(9-11-31)12-13-33)5-6-19(21)28-24-27-15-18(25)23(29-24)20-16-26-22-4-2-3-7-32(20)22;3-9(4,5)1-2-10(6,7)8/h2-7,14-16,33H,8-13H2,1H3,(H,27,28,29);1-2H2,(H,3,4,5)(H,6,7,8). The van der Waals surface area contributed by atoms with Gasteiger partial charge in [-0.1, -0.05) is 6.07 Å². The monoisotopic (exact) mass is 653 g/mol. The van der Waals surface area contributed by atoms with Gasteiger partial charge in [-0.05, 0) is 24.3 Å². The lowest BCUT2D eigenvalue weighted by Gasteiger charge is -2.36. The van der Waals surface area contributed by atoms with Crippen molar-refractivity contribution in [2.24, 2.45) is 0 Å². The zero-order chi connectivity index (χ0) is 31.9. The molecule has 0 saturated carbocycles. The van der Waals surface area contributed by atoms with Gasteiger partial charge >= 0.3 is 0 Å². The number of fused-ring (bicyclic) bond motifs is 1. The number of piperazine rings is 1. The van der Waals surface area contributed by atoms with Crippen LogP contribution in [0.3, 0.4) is 0 Å². The van der Waals surface area contributed by atoms with E-state index in [9.17, 15) is 21.2 Å². The minimum atomic E-state index is -4.30. The van der Waals surface area contributed by atoms with Crippen molar-refractivity contribution in [1.82, 2.24) is 24.3 Å². The SMILES string of the molecule is COc1cc(N2CCN(CCO)CC2)ccc1Nc1ncc(F)c(-c2cnc3ccccn23)n1.O=S(=O)(O)CCS(=O)(=O)O. The maximum absolute atomic E-state index is 14.6. The van der Waals surface area contributed by atoms with Gasteiger partial charge in [0.1, 0.15) is 17.1 Å². The summed E-state index contributed by atoms with van der Waals surface area (Å²) in [6, 6.07) is 11.5. The van der Waals surface area contributed by atoms with E-state index in [1.165, 1.54) is 0 Å². The minimum absolute atomic E-state index is 0.160. The van der Waals surface area contributed by atoms with Gasteiger partial charge in [0.05, 0.1) is 49.0 Å². The molecule has 4 heterocycles. The van der Waals surface area contributed by atoms with Crippen LogP contribution in [0.25, 0.3) is 17.0 Å². The summed E-state index contributed by atoms with van der Waals surface area (Å²) in [5, 5.41) is 12.3. The number of methoxy groups -OCH3 is 1. The van der Waals surface area contributed by atoms with E-state index >= 15 is 0 Å². The Labute approximate surface area is 253 Å². The normalized spacial score (nSPS) is 14.2. The summed E-state index contributed by atoms with van der Waals surface area (Å²) in [5.74, 6) is -1.60. The van der Waals surface area contributed by atoms with Gasteiger partial charge in [0, 0.05) is 50.7 Å². The lowest BCUT2D eigenvalue weighted by atomic mass is 10.2. The van der Waals surface area contributed by atoms with Crippen molar-refractivity contribution in [2.75, 3.05) is 68.2 Å². The van der Waals surface area contributed by atoms with Gasteiger partial charge in [0.2, 0.25) is 5.95 Å². The van der Waals surface area contributed by atoms with Crippen molar-refractivity contribution in [3.63, 3.8) is 0 Å². The van der Waals surface area contributed by atoms with E-state index in [2.05, 4.69) is 30.1 Å². The largest absolute Gasteiger partial charge is 0.494 e. The van der Waals surface area contributed by atoms with Crippen LogP contribution in [0.1, 0.15) is 0 Å². The highest BCUT2D eigenvalue weighted by atomic mass is 32.2. The molecule has 0 spiro atoms. The Morgan fingerprint density at radius 3 is 2.32 bits per heavy atom. The quantitative estimate of drug-likeness (QED) is 0.180. The van der Waals surface area contributed by atoms with Crippen molar-refractivity contribution < 1.29 is 40.2 Å². The number of hydrogen-bond acceptors (Lipinski definition) is 12. The number of aromatic nitrogens is 4. The third-order valence-corrected chi connectivity index (χ3v) is 8.29. The predicted octanol–water partition coefficient (Wildman–Crippen LogP) is 1.56. The van der Waals surface area contributed by atoms with Crippen LogP contribution < -0.4 is 15.0 Å². The van der Waals surface area contributed by atoms with Crippen molar-refractivity contribution in [3.8, 4) is 17.1 Å². The Hall–Kier alpha value is -3.94. The number of β-amino-alcohol motifs (C(OH)–C–C–N with tert-alkyl or cyclic N) is 1. The van der Waals surface area contributed by atoms with Crippen LogP contribution in [0.2, 0.25) is 0 Å². The van der Waals surface area contributed by atoms with Crippen LogP contribution in [0.5, 0.6) is 5.75 Å². The zero-order valence-corrected chi connectivity index (χ0v) is 25.2. The number of nitrogens with one attached hydrogen (secondary N) is 1. The zero-order valence-electron chi connectivity index (χ0n) is 23.6. The van der Waals surface area contributed by atoms with Gasteiger partial charge < -0.3 is 20.1 Å². The van der Waals surface area contributed by atoms with Gasteiger partial charge in [-0.15, -0.1) is 0 Å². The molecule has 4 N–H and O–H groups in total. The summed E-state index contributed by atoms with van der Waals surface area (Å²) in [5.41, 5.74) is 3.14. The Morgan fingerprint density at radius 2 is 1.68 bits per heavy atom. The van der Waals surface area contributed by atoms with Gasteiger partial charge in [-0.2, -0.15) is 16.8 Å². The van der Waals surface area contributed by atoms with Gasteiger partial charge in [0.25, 0.3) is 20.2 Å². The molecule has 1 fully saturated rings. The van der Waals surface area contributed by atoms with Gasteiger partial charge in [-0.3, -0.25) is 18.4 Å². The summed E-state index contributed by atoms with van der Waals surface area (Å²) in [7, 11) is -6.98. The number of ether oxygens (including phenoxy) is 1. The summed E-state index contributed by atoms with van der Waals surface area (Å²) in [6.07, 6.45) is 4.57. The Balaban J connectivity index is 0.000000382. The van der Waals surface area contributed by atoms with Crippen LogP contribution in [0.4, 0.5) is 21.7 Å². The maximum atomic E-state index is 14.6. The van der Waals surface area contributed by atoms with Crippen molar-refractivity contribution in [3.05, 3.63) is 60.8 Å². The second-order valence-electron chi connectivity index (χ2n) is 9.60. The first-order chi connectivity index (χ1) is 20.9. The highest BCUT2D eigenvalue weighted by molar-refractivity contribution is 7.89. The smallest absolute Gasteiger partial charge is 0.265 e. The fourth-order valence-electron chi connectivity index (χ4n) is 4.40. The number of aliphatic hydroxyl groups is 1. The average molecular weight is 654 g/mol. The molecule has 1 aromatic carbocycles. The van der Waals surface area contributed by atoms with E-state index in [1.807, 2.05) is 42.6 Å². The molecule has 44 heavy (non-hydrogen) atoms. The molecule has 0 amide bonds. The number of anilines is 3. The maximum Gasteiger partial charge on any atom is 0.265 e. The molecule has 5 rings (SSSR count). The van der Waals surface area contributed by atoms with Crippen LogP contribution in [0, 0.1) is 5.82 Å². The molecular formula is C26H32FN7O8S2. The molecule has 18 heteroatoms. The number of hydrogen-bond donors (Lipinski definition) is 4. The third-order valence-electron chi connectivity index (χ3n) is 6.59. The molecule has 15 nitrogen and oxygen atoms in total. The second-order valence-corrected chi connectivity index (χ2v) is 12.7. The third kappa shape index (κ3) is 9.04. The summed E-state index contributed by atoms with van der Waals surface area (Å²) in [4.78, 5) is 17.4. The van der Waals surface area contributed by atoms with E-state index < -0.39 is 37.6 Å².